The maximum atomic E-state index is 12.6. The van der Waals surface area contributed by atoms with Crippen molar-refractivity contribution in [1.29, 1.82) is 0 Å². The monoisotopic (exact) mass is 328 g/mol. The van der Waals surface area contributed by atoms with E-state index in [1.807, 2.05) is 30.3 Å². The molecule has 0 atom stereocenters. The fraction of sp³-hybridized carbons (Fsp3) is 0.167. The van der Waals surface area contributed by atoms with Gasteiger partial charge in [0, 0.05) is 21.8 Å². The van der Waals surface area contributed by atoms with Crippen LogP contribution in [0.4, 0.5) is 0 Å². The molecule has 0 spiro atoms. The molecule has 0 unspecified atom stereocenters. The molecule has 0 amide bonds. The second-order valence-electron chi connectivity index (χ2n) is 5.06. The number of phenols is 1. The first-order valence-electron chi connectivity index (χ1n) is 7.06. The molecule has 1 heterocycles. The Morgan fingerprint density at radius 1 is 1.13 bits per heavy atom. The van der Waals surface area contributed by atoms with Gasteiger partial charge < -0.3 is 14.6 Å². The SMILES string of the molecule is COc1cc(/C=C2\CSc3ccccc3C2=O)cc(OC)c1O. The van der Waals surface area contributed by atoms with E-state index in [-0.39, 0.29) is 11.5 Å². The van der Waals surface area contributed by atoms with Crippen LogP contribution in [-0.4, -0.2) is 30.9 Å². The summed E-state index contributed by atoms with van der Waals surface area (Å²) in [7, 11) is 2.95. The standard InChI is InChI=1S/C18H16O4S/c1-21-14-8-11(9-15(22-2)18(14)20)7-12-10-23-16-6-4-3-5-13(16)17(12)19/h3-9,20H,10H2,1-2H3/b12-7+. The summed E-state index contributed by atoms with van der Waals surface area (Å²) < 4.78 is 10.3. The molecule has 0 fully saturated rings. The van der Waals surface area contributed by atoms with Gasteiger partial charge in [0.15, 0.2) is 17.3 Å². The number of hydrogen-bond donors (Lipinski definition) is 1. The fourth-order valence-corrected chi connectivity index (χ4v) is 3.50. The number of phenolic OH excluding ortho intramolecular Hbond substituents is 1. The predicted octanol–water partition coefficient (Wildman–Crippen LogP) is 3.78. The number of aromatic hydroxyl groups is 1. The third kappa shape index (κ3) is 2.92. The largest absolute Gasteiger partial charge is 0.502 e. The van der Waals surface area contributed by atoms with Gasteiger partial charge in [-0.1, -0.05) is 12.1 Å². The van der Waals surface area contributed by atoms with Gasteiger partial charge in [-0.25, -0.2) is 0 Å². The number of thioether (sulfide) groups is 1. The van der Waals surface area contributed by atoms with E-state index in [9.17, 15) is 9.90 Å². The lowest BCUT2D eigenvalue weighted by Gasteiger charge is -2.17. The van der Waals surface area contributed by atoms with Crippen molar-refractivity contribution in [2.45, 2.75) is 4.90 Å². The van der Waals surface area contributed by atoms with E-state index in [0.29, 0.717) is 22.8 Å². The Morgan fingerprint density at radius 3 is 2.43 bits per heavy atom. The highest BCUT2D eigenvalue weighted by Crippen LogP contribution is 2.39. The summed E-state index contributed by atoms with van der Waals surface area (Å²) in [5, 5.41) is 9.96. The highest BCUT2D eigenvalue weighted by atomic mass is 32.2. The Kier molecular flexibility index (Phi) is 4.30. The van der Waals surface area contributed by atoms with E-state index in [1.165, 1.54) is 14.2 Å². The maximum Gasteiger partial charge on any atom is 0.200 e. The predicted molar refractivity (Wildman–Crippen MR) is 90.7 cm³/mol. The van der Waals surface area contributed by atoms with Crippen LogP contribution in [0.1, 0.15) is 15.9 Å². The highest BCUT2D eigenvalue weighted by molar-refractivity contribution is 7.99. The minimum atomic E-state index is -0.0492. The van der Waals surface area contributed by atoms with E-state index in [4.69, 9.17) is 9.47 Å². The molecule has 2 aromatic carbocycles. The highest BCUT2D eigenvalue weighted by Gasteiger charge is 2.22. The third-order valence-corrected chi connectivity index (χ3v) is 4.77. The van der Waals surface area contributed by atoms with Gasteiger partial charge in [-0.15, -0.1) is 11.8 Å². The van der Waals surface area contributed by atoms with Gasteiger partial charge in [0.2, 0.25) is 5.75 Å². The molecule has 118 valence electrons. The average Bonchev–Trinajstić information content (AvgIpc) is 2.59. The smallest absolute Gasteiger partial charge is 0.200 e. The number of carbonyl (C=O) groups is 1. The van der Waals surface area contributed by atoms with E-state index >= 15 is 0 Å². The summed E-state index contributed by atoms with van der Waals surface area (Å²) in [5.41, 5.74) is 2.19. The van der Waals surface area contributed by atoms with Crippen molar-refractivity contribution in [2.75, 3.05) is 20.0 Å². The van der Waals surface area contributed by atoms with Crippen molar-refractivity contribution in [3.8, 4) is 17.2 Å². The van der Waals surface area contributed by atoms with Crippen LogP contribution in [0.15, 0.2) is 46.9 Å². The molecular formula is C18H16O4S. The maximum absolute atomic E-state index is 12.6. The topological polar surface area (TPSA) is 55.8 Å². The molecule has 0 aromatic heterocycles. The number of methoxy groups -OCH3 is 2. The zero-order chi connectivity index (χ0) is 16.4. The molecular weight excluding hydrogens is 312 g/mol. The molecule has 0 saturated heterocycles. The number of carbonyl (C=O) groups excluding carboxylic acids is 1. The van der Waals surface area contributed by atoms with Crippen molar-refractivity contribution in [3.63, 3.8) is 0 Å². The molecule has 1 N–H and O–H groups in total. The number of ketones is 1. The molecule has 0 saturated carbocycles. The number of hydrogen-bond acceptors (Lipinski definition) is 5. The van der Waals surface area contributed by atoms with Crippen molar-refractivity contribution in [3.05, 3.63) is 53.1 Å². The van der Waals surface area contributed by atoms with Gasteiger partial charge in [0.25, 0.3) is 0 Å². The van der Waals surface area contributed by atoms with Crippen LogP contribution >= 0.6 is 11.8 Å². The van der Waals surface area contributed by atoms with Crippen LogP contribution in [0.5, 0.6) is 17.2 Å². The lowest BCUT2D eigenvalue weighted by atomic mass is 10.0. The fourth-order valence-electron chi connectivity index (χ4n) is 2.48. The van der Waals surface area contributed by atoms with Gasteiger partial charge in [0.1, 0.15) is 0 Å². The molecule has 0 bridgehead atoms. The number of fused-ring (bicyclic) bond motifs is 1. The number of ether oxygens (including phenoxy) is 2. The third-order valence-electron chi connectivity index (χ3n) is 3.65. The lowest BCUT2D eigenvalue weighted by molar-refractivity contribution is 0.103. The number of benzene rings is 2. The van der Waals surface area contributed by atoms with Crippen LogP contribution in [-0.2, 0) is 0 Å². The Balaban J connectivity index is 2.01. The summed E-state index contributed by atoms with van der Waals surface area (Å²) >= 11 is 1.64. The van der Waals surface area contributed by atoms with Gasteiger partial charge in [-0.05, 0) is 35.9 Å². The van der Waals surface area contributed by atoms with Crippen LogP contribution in [0, 0.1) is 0 Å². The second kappa shape index (κ2) is 6.38. The average molecular weight is 328 g/mol. The Hall–Kier alpha value is -2.40. The normalized spacial score (nSPS) is 15.4. The molecule has 0 radical (unpaired) electrons. The number of rotatable bonds is 3. The molecule has 4 nitrogen and oxygen atoms in total. The molecule has 1 aliphatic rings. The lowest BCUT2D eigenvalue weighted by Crippen LogP contribution is -2.12. The zero-order valence-electron chi connectivity index (χ0n) is 12.8. The summed E-state index contributed by atoms with van der Waals surface area (Å²) in [4.78, 5) is 13.6. The first-order valence-corrected chi connectivity index (χ1v) is 8.04. The van der Waals surface area contributed by atoms with Gasteiger partial charge in [0.05, 0.1) is 14.2 Å². The summed E-state index contributed by atoms with van der Waals surface area (Å²) in [6.07, 6.45) is 1.82. The minimum Gasteiger partial charge on any atom is -0.502 e. The van der Waals surface area contributed by atoms with Crippen molar-refractivity contribution in [2.24, 2.45) is 0 Å². The Labute approximate surface area is 138 Å². The Morgan fingerprint density at radius 2 is 1.78 bits per heavy atom. The van der Waals surface area contributed by atoms with Crippen LogP contribution in [0.25, 0.3) is 6.08 Å². The number of Topliss-reactive ketones (excluding diaryl/α,β-unsaturated/α-hetero) is 1. The van der Waals surface area contributed by atoms with Crippen molar-refractivity contribution >= 4 is 23.6 Å². The van der Waals surface area contributed by atoms with E-state index in [1.54, 1.807) is 23.9 Å². The Bertz CT molecular complexity index is 770. The molecule has 0 aliphatic carbocycles. The quantitative estimate of drug-likeness (QED) is 0.869. The van der Waals surface area contributed by atoms with Crippen LogP contribution in [0.2, 0.25) is 0 Å². The van der Waals surface area contributed by atoms with E-state index in [2.05, 4.69) is 0 Å². The first kappa shape index (κ1) is 15.5. The summed E-state index contributed by atoms with van der Waals surface area (Å²) in [5.74, 6) is 1.22. The first-order chi connectivity index (χ1) is 11.1. The van der Waals surface area contributed by atoms with E-state index in [0.717, 1.165) is 16.0 Å². The van der Waals surface area contributed by atoms with Crippen LogP contribution < -0.4 is 9.47 Å². The van der Waals surface area contributed by atoms with Crippen molar-refractivity contribution in [1.82, 2.24) is 0 Å². The minimum absolute atomic E-state index is 0.0327. The van der Waals surface area contributed by atoms with Crippen LogP contribution in [0.3, 0.4) is 0 Å². The molecule has 1 aliphatic heterocycles. The summed E-state index contributed by atoms with van der Waals surface area (Å²) in [6.45, 7) is 0. The van der Waals surface area contributed by atoms with Gasteiger partial charge in [-0.2, -0.15) is 0 Å². The van der Waals surface area contributed by atoms with Gasteiger partial charge >= 0.3 is 0 Å². The summed E-state index contributed by atoms with van der Waals surface area (Å²) in [6, 6.07) is 11.0. The zero-order valence-corrected chi connectivity index (χ0v) is 13.6. The molecule has 2 aromatic rings. The molecule has 5 heteroatoms. The second-order valence-corrected chi connectivity index (χ2v) is 6.07. The van der Waals surface area contributed by atoms with Gasteiger partial charge in [-0.3, -0.25) is 4.79 Å². The van der Waals surface area contributed by atoms with Crippen molar-refractivity contribution < 1.29 is 19.4 Å². The molecule has 3 rings (SSSR count). The van der Waals surface area contributed by atoms with E-state index < -0.39 is 0 Å². The molecule has 23 heavy (non-hydrogen) atoms.